The third-order valence-corrected chi connectivity index (χ3v) is 2.72. The molecule has 0 aliphatic heterocycles. The third-order valence-electron chi connectivity index (χ3n) is 2.72. The van der Waals surface area contributed by atoms with E-state index in [9.17, 15) is 4.79 Å². The maximum absolute atomic E-state index is 11.9. The highest BCUT2D eigenvalue weighted by Crippen LogP contribution is 2.27. The Balaban J connectivity index is 2.93. The molecule has 1 aromatic rings. The van der Waals surface area contributed by atoms with Gasteiger partial charge in [-0.3, -0.25) is 0 Å². The zero-order valence-corrected chi connectivity index (χ0v) is 11.8. The van der Waals surface area contributed by atoms with Crippen LogP contribution in [0.2, 0.25) is 0 Å². The molecule has 2 N–H and O–H groups in total. The van der Waals surface area contributed by atoms with Crippen molar-refractivity contribution in [1.29, 1.82) is 0 Å². The fourth-order valence-corrected chi connectivity index (χ4v) is 1.82. The van der Waals surface area contributed by atoms with Crippen molar-refractivity contribution in [2.24, 2.45) is 0 Å². The van der Waals surface area contributed by atoms with Gasteiger partial charge in [-0.1, -0.05) is 6.07 Å². The molecular weight excluding hydrogens is 244 g/mol. The lowest BCUT2D eigenvalue weighted by atomic mass is 10.1. The van der Waals surface area contributed by atoms with Crippen molar-refractivity contribution >= 4 is 17.3 Å². The summed E-state index contributed by atoms with van der Waals surface area (Å²) in [6.45, 7) is 5.99. The van der Waals surface area contributed by atoms with Crippen LogP contribution in [0.15, 0.2) is 18.2 Å². The molecule has 0 unspecified atom stereocenters. The van der Waals surface area contributed by atoms with Crippen LogP contribution in [0.5, 0.6) is 0 Å². The van der Waals surface area contributed by atoms with Gasteiger partial charge in [0.05, 0.1) is 30.2 Å². The molecule has 0 atom stereocenters. The van der Waals surface area contributed by atoms with E-state index < -0.39 is 0 Å². The van der Waals surface area contributed by atoms with E-state index in [4.69, 9.17) is 15.2 Å². The van der Waals surface area contributed by atoms with Crippen molar-refractivity contribution in [2.45, 2.75) is 13.8 Å². The lowest BCUT2D eigenvalue weighted by Crippen LogP contribution is -2.26. The Morgan fingerprint density at radius 1 is 1.32 bits per heavy atom. The number of carbonyl (C=O) groups excluding carboxylic acids is 1. The Labute approximate surface area is 114 Å². The van der Waals surface area contributed by atoms with E-state index in [1.165, 1.54) is 0 Å². The molecule has 0 saturated heterocycles. The van der Waals surface area contributed by atoms with Gasteiger partial charge >= 0.3 is 5.97 Å². The van der Waals surface area contributed by atoms with E-state index in [1.54, 1.807) is 25.1 Å². The van der Waals surface area contributed by atoms with Gasteiger partial charge in [-0.15, -0.1) is 0 Å². The van der Waals surface area contributed by atoms with Crippen molar-refractivity contribution in [3.8, 4) is 0 Å². The molecule has 1 aromatic carbocycles. The lowest BCUT2D eigenvalue weighted by molar-refractivity contribution is 0.0527. The molecule has 0 spiro atoms. The molecule has 5 heteroatoms. The minimum absolute atomic E-state index is 0.343. The Morgan fingerprint density at radius 2 is 2.05 bits per heavy atom. The number of nitrogens with zero attached hydrogens (tertiary/aromatic N) is 1. The number of benzene rings is 1. The van der Waals surface area contributed by atoms with Crippen LogP contribution in [0.1, 0.15) is 24.2 Å². The summed E-state index contributed by atoms with van der Waals surface area (Å²) in [6, 6.07) is 5.25. The van der Waals surface area contributed by atoms with E-state index in [0.717, 1.165) is 0 Å². The molecule has 1 rings (SSSR count). The number of anilines is 2. The third kappa shape index (κ3) is 4.13. The molecular formula is C14H22N2O3. The number of carbonyl (C=O) groups is 1. The quantitative estimate of drug-likeness (QED) is 0.464. The van der Waals surface area contributed by atoms with Gasteiger partial charge in [-0.25, -0.2) is 4.79 Å². The van der Waals surface area contributed by atoms with Gasteiger partial charge in [0.15, 0.2) is 0 Å². The summed E-state index contributed by atoms with van der Waals surface area (Å²) >= 11 is 0. The molecule has 0 radical (unpaired) electrons. The minimum atomic E-state index is -0.354. The molecule has 106 valence electrons. The fraction of sp³-hybridized carbons (Fsp3) is 0.500. The standard InChI is InChI=1S/C14H22N2O3/c1-4-18-10-9-16(3)13-11(14(17)19-5-2)7-6-8-12(13)15/h6-8H,4-5,9-10,15H2,1-3H3. The second-order valence-corrected chi connectivity index (χ2v) is 4.08. The zero-order valence-electron chi connectivity index (χ0n) is 11.8. The second-order valence-electron chi connectivity index (χ2n) is 4.08. The zero-order chi connectivity index (χ0) is 14.3. The van der Waals surface area contributed by atoms with Crippen molar-refractivity contribution in [3.63, 3.8) is 0 Å². The van der Waals surface area contributed by atoms with E-state index in [0.29, 0.717) is 43.3 Å². The number of hydrogen-bond acceptors (Lipinski definition) is 5. The SMILES string of the molecule is CCOCCN(C)c1c(N)cccc1C(=O)OCC. The predicted octanol–water partition coefficient (Wildman–Crippen LogP) is 1.92. The number of esters is 1. The summed E-state index contributed by atoms with van der Waals surface area (Å²) in [5, 5.41) is 0. The summed E-state index contributed by atoms with van der Waals surface area (Å²) < 4.78 is 10.4. The van der Waals surface area contributed by atoms with Gasteiger partial charge in [-0.05, 0) is 26.0 Å². The number of ether oxygens (including phenoxy) is 2. The maximum atomic E-state index is 11.9. The van der Waals surface area contributed by atoms with Crippen molar-refractivity contribution in [3.05, 3.63) is 23.8 Å². The van der Waals surface area contributed by atoms with Crippen LogP contribution in [0.4, 0.5) is 11.4 Å². The van der Waals surface area contributed by atoms with Crippen LogP contribution in [-0.4, -0.2) is 39.4 Å². The largest absolute Gasteiger partial charge is 0.462 e. The Hall–Kier alpha value is -1.75. The first-order valence-electron chi connectivity index (χ1n) is 6.46. The van der Waals surface area contributed by atoms with Crippen LogP contribution in [0.25, 0.3) is 0 Å². The fourth-order valence-electron chi connectivity index (χ4n) is 1.82. The molecule has 0 saturated carbocycles. The van der Waals surface area contributed by atoms with Crippen LogP contribution >= 0.6 is 0 Å². The molecule has 0 heterocycles. The average Bonchev–Trinajstić information content (AvgIpc) is 2.38. The van der Waals surface area contributed by atoms with Crippen LogP contribution < -0.4 is 10.6 Å². The second kappa shape index (κ2) is 7.63. The highest BCUT2D eigenvalue weighted by atomic mass is 16.5. The smallest absolute Gasteiger partial charge is 0.340 e. The van der Waals surface area contributed by atoms with E-state index in [-0.39, 0.29) is 5.97 Å². The number of nitrogen functional groups attached to an aromatic ring is 1. The first-order valence-corrected chi connectivity index (χ1v) is 6.46. The number of likely N-dealkylation sites (N-methyl/N-ethyl adjacent to an activating group) is 1. The Kier molecular flexibility index (Phi) is 6.15. The summed E-state index contributed by atoms with van der Waals surface area (Å²) in [5.41, 5.74) is 7.71. The maximum Gasteiger partial charge on any atom is 0.340 e. The van der Waals surface area contributed by atoms with E-state index in [1.807, 2.05) is 18.9 Å². The average molecular weight is 266 g/mol. The molecule has 0 fully saturated rings. The number of hydrogen-bond donors (Lipinski definition) is 1. The van der Waals surface area contributed by atoms with E-state index >= 15 is 0 Å². The van der Waals surface area contributed by atoms with Gasteiger partial charge < -0.3 is 20.1 Å². The highest BCUT2D eigenvalue weighted by molar-refractivity contribution is 5.99. The summed E-state index contributed by atoms with van der Waals surface area (Å²) in [5.74, 6) is -0.354. The van der Waals surface area contributed by atoms with E-state index in [2.05, 4.69) is 0 Å². The molecule has 0 bridgehead atoms. The van der Waals surface area contributed by atoms with Crippen molar-refractivity contribution in [1.82, 2.24) is 0 Å². The van der Waals surface area contributed by atoms with Crippen LogP contribution in [0, 0.1) is 0 Å². The van der Waals surface area contributed by atoms with Crippen molar-refractivity contribution < 1.29 is 14.3 Å². The minimum Gasteiger partial charge on any atom is -0.462 e. The Bertz CT molecular complexity index is 421. The molecule has 0 amide bonds. The number of para-hydroxylation sites is 1. The monoisotopic (exact) mass is 266 g/mol. The molecule has 0 aromatic heterocycles. The molecule has 0 aliphatic carbocycles. The predicted molar refractivity (Wildman–Crippen MR) is 76.6 cm³/mol. The van der Waals surface area contributed by atoms with Gasteiger partial charge in [0.1, 0.15) is 0 Å². The van der Waals surface area contributed by atoms with Crippen LogP contribution in [0.3, 0.4) is 0 Å². The van der Waals surface area contributed by atoms with Gasteiger partial charge in [0, 0.05) is 20.2 Å². The van der Waals surface area contributed by atoms with Gasteiger partial charge in [-0.2, -0.15) is 0 Å². The van der Waals surface area contributed by atoms with Crippen molar-refractivity contribution in [2.75, 3.05) is 44.0 Å². The summed E-state index contributed by atoms with van der Waals surface area (Å²) in [6.07, 6.45) is 0. The number of nitrogens with two attached hydrogens (primary N) is 1. The normalized spacial score (nSPS) is 10.3. The van der Waals surface area contributed by atoms with Gasteiger partial charge in [0.25, 0.3) is 0 Å². The first-order chi connectivity index (χ1) is 9.11. The summed E-state index contributed by atoms with van der Waals surface area (Å²) in [7, 11) is 1.88. The first kappa shape index (κ1) is 15.3. The molecule has 0 aliphatic rings. The molecule has 5 nitrogen and oxygen atoms in total. The topological polar surface area (TPSA) is 64.8 Å². The number of rotatable bonds is 7. The molecule has 19 heavy (non-hydrogen) atoms. The van der Waals surface area contributed by atoms with Crippen LogP contribution in [-0.2, 0) is 9.47 Å². The lowest BCUT2D eigenvalue weighted by Gasteiger charge is -2.23. The van der Waals surface area contributed by atoms with Gasteiger partial charge in [0.2, 0.25) is 0 Å². The highest BCUT2D eigenvalue weighted by Gasteiger charge is 2.17. The summed E-state index contributed by atoms with van der Waals surface area (Å²) in [4.78, 5) is 13.8. The Morgan fingerprint density at radius 3 is 2.68 bits per heavy atom.